The van der Waals surface area contributed by atoms with Crippen LogP contribution in [0.25, 0.3) is 0 Å². The lowest BCUT2D eigenvalue weighted by Crippen LogP contribution is -2.18. The van der Waals surface area contributed by atoms with Crippen LogP contribution in [0.3, 0.4) is 0 Å². The van der Waals surface area contributed by atoms with Crippen molar-refractivity contribution < 1.29 is 4.74 Å². The molecule has 0 bridgehead atoms. The fourth-order valence-electron chi connectivity index (χ4n) is 1.35. The molecule has 0 aromatic carbocycles. The predicted octanol–water partition coefficient (Wildman–Crippen LogP) is 1.28. The molecule has 64 valence electrons. The molecule has 1 heterocycles. The molecule has 1 saturated heterocycles. The highest BCUT2D eigenvalue weighted by Gasteiger charge is 2.08. The van der Waals surface area contributed by atoms with Gasteiger partial charge in [-0.3, -0.25) is 4.90 Å². The molecule has 2 heteroatoms. The van der Waals surface area contributed by atoms with Crippen molar-refractivity contribution in [1.29, 1.82) is 0 Å². The second kappa shape index (κ2) is 5.33. The summed E-state index contributed by atoms with van der Waals surface area (Å²) in [6, 6.07) is 0. The van der Waals surface area contributed by atoms with E-state index >= 15 is 0 Å². The number of likely N-dealkylation sites (tertiary alicyclic amines) is 1. The Balaban J connectivity index is 2.01. The van der Waals surface area contributed by atoms with Crippen LogP contribution in [-0.4, -0.2) is 38.3 Å². The summed E-state index contributed by atoms with van der Waals surface area (Å²) in [6.07, 6.45) is 7.02. The Morgan fingerprint density at radius 1 is 1.27 bits per heavy atom. The highest BCUT2D eigenvalue weighted by Crippen LogP contribution is 2.05. The second-order valence-corrected chi connectivity index (χ2v) is 2.93. The van der Waals surface area contributed by atoms with E-state index in [9.17, 15) is 0 Å². The van der Waals surface area contributed by atoms with Crippen molar-refractivity contribution in [2.75, 3.05) is 33.4 Å². The molecule has 0 aromatic rings. The van der Waals surface area contributed by atoms with Gasteiger partial charge in [-0.15, -0.1) is 0 Å². The van der Waals surface area contributed by atoms with E-state index in [4.69, 9.17) is 4.74 Å². The number of methoxy groups -OCH3 is 1. The van der Waals surface area contributed by atoms with Crippen molar-refractivity contribution in [3.63, 3.8) is 0 Å². The van der Waals surface area contributed by atoms with Gasteiger partial charge in [0, 0.05) is 13.7 Å². The van der Waals surface area contributed by atoms with Gasteiger partial charge in [-0.25, -0.2) is 0 Å². The number of hydrogen-bond acceptors (Lipinski definition) is 2. The smallest absolute Gasteiger partial charge is 0.0644 e. The van der Waals surface area contributed by atoms with Crippen LogP contribution in [0, 0.1) is 0 Å². The van der Waals surface area contributed by atoms with Gasteiger partial charge in [0.15, 0.2) is 0 Å². The molecule has 0 saturated carbocycles. The summed E-state index contributed by atoms with van der Waals surface area (Å²) in [5.41, 5.74) is 0. The molecule has 1 fully saturated rings. The van der Waals surface area contributed by atoms with Gasteiger partial charge in [0.25, 0.3) is 0 Å². The highest BCUT2D eigenvalue weighted by atomic mass is 16.5. The Hall–Kier alpha value is -0.340. The normalized spacial score (nSPS) is 20.1. The molecule has 0 N–H and O–H groups in total. The molecule has 11 heavy (non-hydrogen) atoms. The standard InChI is InChI=1S/C9H17NO/c1-11-9-5-4-8-10-6-2-3-7-10/h4-5H,2-3,6-9H2,1H3/b5-4+. The molecule has 1 aliphatic rings. The van der Waals surface area contributed by atoms with Gasteiger partial charge in [-0.2, -0.15) is 0 Å². The Morgan fingerprint density at radius 3 is 2.64 bits per heavy atom. The summed E-state index contributed by atoms with van der Waals surface area (Å²) in [4.78, 5) is 2.46. The number of hydrogen-bond donors (Lipinski definition) is 0. The first-order chi connectivity index (χ1) is 5.43. The first kappa shape index (κ1) is 8.75. The Kier molecular flexibility index (Phi) is 4.24. The third-order valence-electron chi connectivity index (χ3n) is 1.99. The second-order valence-electron chi connectivity index (χ2n) is 2.93. The van der Waals surface area contributed by atoms with E-state index in [2.05, 4.69) is 17.1 Å². The van der Waals surface area contributed by atoms with Crippen LogP contribution in [0.1, 0.15) is 12.8 Å². The molecule has 0 unspecified atom stereocenters. The minimum Gasteiger partial charge on any atom is -0.381 e. The topological polar surface area (TPSA) is 12.5 Å². The van der Waals surface area contributed by atoms with E-state index in [1.807, 2.05) is 0 Å². The van der Waals surface area contributed by atoms with Crippen LogP contribution < -0.4 is 0 Å². The molecule has 2 nitrogen and oxygen atoms in total. The third kappa shape index (κ3) is 3.54. The van der Waals surface area contributed by atoms with Crippen LogP contribution >= 0.6 is 0 Å². The molecule has 0 aromatic heterocycles. The molecule has 0 amide bonds. The largest absolute Gasteiger partial charge is 0.381 e. The van der Waals surface area contributed by atoms with Crippen molar-refractivity contribution in [3.8, 4) is 0 Å². The monoisotopic (exact) mass is 155 g/mol. The zero-order valence-electron chi connectivity index (χ0n) is 7.25. The Morgan fingerprint density at radius 2 is 2.00 bits per heavy atom. The van der Waals surface area contributed by atoms with Crippen molar-refractivity contribution in [2.45, 2.75) is 12.8 Å². The fourth-order valence-corrected chi connectivity index (χ4v) is 1.35. The van der Waals surface area contributed by atoms with Crippen LogP contribution in [0.15, 0.2) is 12.2 Å². The molecule has 1 aliphatic heterocycles. The van der Waals surface area contributed by atoms with Gasteiger partial charge in [-0.05, 0) is 25.9 Å². The Bertz CT molecular complexity index is 117. The van der Waals surface area contributed by atoms with E-state index in [-0.39, 0.29) is 0 Å². The highest BCUT2D eigenvalue weighted by molar-refractivity contribution is 4.85. The van der Waals surface area contributed by atoms with Crippen molar-refractivity contribution in [1.82, 2.24) is 4.90 Å². The van der Waals surface area contributed by atoms with Gasteiger partial charge in [0.2, 0.25) is 0 Å². The minimum absolute atomic E-state index is 0.744. The maximum absolute atomic E-state index is 4.90. The van der Waals surface area contributed by atoms with E-state index in [1.54, 1.807) is 7.11 Å². The summed E-state index contributed by atoms with van der Waals surface area (Å²) in [7, 11) is 1.72. The van der Waals surface area contributed by atoms with Crippen LogP contribution in [-0.2, 0) is 4.74 Å². The summed E-state index contributed by atoms with van der Waals surface area (Å²) < 4.78 is 4.90. The summed E-state index contributed by atoms with van der Waals surface area (Å²) >= 11 is 0. The zero-order valence-corrected chi connectivity index (χ0v) is 7.25. The van der Waals surface area contributed by atoms with Crippen LogP contribution in [0.2, 0.25) is 0 Å². The minimum atomic E-state index is 0.744. The molecule has 0 atom stereocenters. The lowest BCUT2D eigenvalue weighted by Gasteiger charge is -2.10. The van der Waals surface area contributed by atoms with Gasteiger partial charge in [0.05, 0.1) is 6.61 Å². The van der Waals surface area contributed by atoms with Gasteiger partial charge >= 0.3 is 0 Å². The number of ether oxygens (including phenoxy) is 1. The van der Waals surface area contributed by atoms with E-state index in [0.29, 0.717) is 0 Å². The molecule has 0 radical (unpaired) electrons. The van der Waals surface area contributed by atoms with Crippen LogP contribution in [0.4, 0.5) is 0 Å². The maximum atomic E-state index is 4.90. The van der Waals surface area contributed by atoms with Crippen molar-refractivity contribution in [2.24, 2.45) is 0 Å². The Labute approximate surface area is 68.8 Å². The van der Waals surface area contributed by atoms with Gasteiger partial charge < -0.3 is 4.74 Å². The van der Waals surface area contributed by atoms with Crippen LogP contribution in [0.5, 0.6) is 0 Å². The van der Waals surface area contributed by atoms with E-state index in [0.717, 1.165) is 13.2 Å². The fraction of sp³-hybridized carbons (Fsp3) is 0.778. The van der Waals surface area contributed by atoms with E-state index < -0.39 is 0 Å². The zero-order chi connectivity index (χ0) is 7.94. The lowest BCUT2D eigenvalue weighted by atomic mass is 10.4. The first-order valence-electron chi connectivity index (χ1n) is 4.30. The molecular formula is C9H17NO. The third-order valence-corrected chi connectivity index (χ3v) is 1.99. The summed E-state index contributed by atoms with van der Waals surface area (Å²) in [6.45, 7) is 4.39. The predicted molar refractivity (Wildman–Crippen MR) is 46.7 cm³/mol. The first-order valence-corrected chi connectivity index (χ1v) is 4.30. The maximum Gasteiger partial charge on any atom is 0.0644 e. The average Bonchev–Trinajstić information content (AvgIpc) is 2.50. The average molecular weight is 155 g/mol. The molecule has 0 spiro atoms. The quantitative estimate of drug-likeness (QED) is 0.567. The number of rotatable bonds is 4. The van der Waals surface area contributed by atoms with E-state index in [1.165, 1.54) is 25.9 Å². The number of nitrogens with zero attached hydrogens (tertiary/aromatic N) is 1. The van der Waals surface area contributed by atoms with Crippen molar-refractivity contribution in [3.05, 3.63) is 12.2 Å². The molecule has 1 rings (SSSR count). The van der Waals surface area contributed by atoms with Gasteiger partial charge in [-0.1, -0.05) is 12.2 Å². The summed E-state index contributed by atoms with van der Waals surface area (Å²) in [5.74, 6) is 0. The lowest BCUT2D eigenvalue weighted by molar-refractivity contribution is 0.233. The van der Waals surface area contributed by atoms with Crippen molar-refractivity contribution >= 4 is 0 Å². The van der Waals surface area contributed by atoms with Gasteiger partial charge in [0.1, 0.15) is 0 Å². The molecular weight excluding hydrogens is 138 g/mol. The summed E-state index contributed by atoms with van der Waals surface area (Å²) in [5, 5.41) is 0. The molecule has 0 aliphatic carbocycles. The SMILES string of the molecule is COC/C=C/CN1CCCC1.